The molecule has 1 atom stereocenters. The van der Waals surface area contributed by atoms with Gasteiger partial charge in [-0.15, -0.1) is 0 Å². The van der Waals surface area contributed by atoms with Crippen molar-refractivity contribution in [2.45, 2.75) is 32.7 Å². The zero-order valence-corrected chi connectivity index (χ0v) is 19.3. The van der Waals surface area contributed by atoms with Gasteiger partial charge in [0.05, 0.1) is 36.8 Å². The van der Waals surface area contributed by atoms with E-state index >= 15 is 0 Å². The zero-order valence-electron chi connectivity index (χ0n) is 19.3. The Hall–Kier alpha value is -3.32. The van der Waals surface area contributed by atoms with Gasteiger partial charge >= 0.3 is 0 Å². The molecule has 0 bridgehead atoms. The molecule has 2 heterocycles. The lowest BCUT2D eigenvalue weighted by Crippen LogP contribution is -2.32. The molecular formula is C26H29NO6. The van der Waals surface area contributed by atoms with Crippen LogP contribution in [-0.2, 0) is 4.74 Å². The summed E-state index contributed by atoms with van der Waals surface area (Å²) < 4.78 is 22.9. The highest BCUT2D eigenvalue weighted by atomic mass is 16.5. The average Bonchev–Trinajstić information content (AvgIpc) is 3.11. The second kappa shape index (κ2) is 10.1. The number of rotatable bonds is 10. The van der Waals surface area contributed by atoms with Gasteiger partial charge in [-0.25, -0.2) is 0 Å². The van der Waals surface area contributed by atoms with Gasteiger partial charge in [-0.3, -0.25) is 9.59 Å². The number of hydrogen-bond acceptors (Lipinski definition) is 6. The van der Waals surface area contributed by atoms with Gasteiger partial charge in [0, 0.05) is 13.7 Å². The molecule has 33 heavy (non-hydrogen) atoms. The molecule has 1 amide bonds. The first-order valence-corrected chi connectivity index (χ1v) is 11.4. The van der Waals surface area contributed by atoms with Crippen LogP contribution >= 0.6 is 0 Å². The predicted octanol–water partition coefficient (Wildman–Crippen LogP) is 4.56. The molecule has 0 radical (unpaired) electrons. The minimum Gasteiger partial charge on any atom is -0.490 e. The third kappa shape index (κ3) is 4.33. The standard InChI is InChI=1S/C26H29NO6/c1-4-6-14-32-20-12-11-17(16-21(20)31-5-2)23-22-24(28)18-9-7-8-10-19(18)33-25(22)26(29)27(23)13-15-30-3/h7-12,16,23H,4-6,13-15H2,1-3H3. The number of carbonyl (C=O) groups excluding carboxylic acids is 1. The van der Waals surface area contributed by atoms with E-state index in [9.17, 15) is 9.59 Å². The summed E-state index contributed by atoms with van der Waals surface area (Å²) in [7, 11) is 1.58. The number of unbranched alkanes of at least 4 members (excludes halogenated alkanes) is 1. The van der Waals surface area contributed by atoms with E-state index in [1.54, 1.807) is 36.3 Å². The monoisotopic (exact) mass is 451 g/mol. The van der Waals surface area contributed by atoms with Crippen molar-refractivity contribution in [3.05, 3.63) is 69.6 Å². The van der Waals surface area contributed by atoms with Crippen LogP contribution in [0.1, 0.15) is 54.4 Å². The van der Waals surface area contributed by atoms with Crippen LogP contribution in [0.3, 0.4) is 0 Å². The fourth-order valence-electron chi connectivity index (χ4n) is 4.14. The van der Waals surface area contributed by atoms with Crippen molar-refractivity contribution in [1.29, 1.82) is 0 Å². The SMILES string of the molecule is CCCCOc1ccc(C2c3c(oc4ccccc4c3=O)C(=O)N2CCOC)cc1OCC. The van der Waals surface area contributed by atoms with Gasteiger partial charge in [0.15, 0.2) is 16.9 Å². The fourth-order valence-corrected chi connectivity index (χ4v) is 4.14. The summed E-state index contributed by atoms with van der Waals surface area (Å²) in [6.07, 6.45) is 1.97. The highest BCUT2D eigenvalue weighted by molar-refractivity contribution is 5.99. The molecule has 0 fully saturated rings. The Morgan fingerprint density at radius 3 is 2.58 bits per heavy atom. The largest absolute Gasteiger partial charge is 0.490 e. The number of benzene rings is 2. The van der Waals surface area contributed by atoms with E-state index in [2.05, 4.69) is 6.92 Å². The first-order chi connectivity index (χ1) is 16.1. The molecule has 0 N–H and O–H groups in total. The Morgan fingerprint density at radius 1 is 1.00 bits per heavy atom. The molecule has 1 aromatic heterocycles. The summed E-state index contributed by atoms with van der Waals surface area (Å²) in [5.74, 6) is 0.994. The predicted molar refractivity (Wildman–Crippen MR) is 125 cm³/mol. The second-order valence-electron chi connectivity index (χ2n) is 7.91. The van der Waals surface area contributed by atoms with Crippen LogP contribution in [0.5, 0.6) is 11.5 Å². The van der Waals surface area contributed by atoms with E-state index in [4.69, 9.17) is 18.6 Å². The molecule has 2 aromatic carbocycles. The molecule has 1 aliphatic heterocycles. The molecule has 0 spiro atoms. The lowest BCUT2D eigenvalue weighted by molar-refractivity contribution is 0.0663. The first kappa shape index (κ1) is 22.9. The minimum atomic E-state index is -0.604. The van der Waals surface area contributed by atoms with Crippen molar-refractivity contribution in [1.82, 2.24) is 4.90 Å². The van der Waals surface area contributed by atoms with E-state index in [1.807, 2.05) is 25.1 Å². The maximum absolute atomic E-state index is 13.5. The lowest BCUT2D eigenvalue weighted by atomic mass is 9.98. The van der Waals surface area contributed by atoms with E-state index in [0.29, 0.717) is 54.4 Å². The van der Waals surface area contributed by atoms with Crippen molar-refractivity contribution >= 4 is 16.9 Å². The van der Waals surface area contributed by atoms with Crippen molar-refractivity contribution in [3.63, 3.8) is 0 Å². The van der Waals surface area contributed by atoms with Crippen molar-refractivity contribution in [2.24, 2.45) is 0 Å². The van der Waals surface area contributed by atoms with Gasteiger partial charge in [-0.05, 0) is 43.2 Å². The molecule has 0 saturated carbocycles. The number of para-hydroxylation sites is 1. The molecule has 0 saturated heterocycles. The molecule has 174 valence electrons. The smallest absolute Gasteiger partial charge is 0.290 e. The number of ether oxygens (including phenoxy) is 3. The van der Waals surface area contributed by atoms with Crippen LogP contribution in [0.15, 0.2) is 51.7 Å². The van der Waals surface area contributed by atoms with Gasteiger partial charge in [0.1, 0.15) is 5.58 Å². The lowest BCUT2D eigenvalue weighted by Gasteiger charge is -2.25. The summed E-state index contributed by atoms with van der Waals surface area (Å²) >= 11 is 0. The van der Waals surface area contributed by atoms with Gasteiger partial charge in [-0.2, -0.15) is 0 Å². The van der Waals surface area contributed by atoms with Crippen LogP contribution in [0.2, 0.25) is 0 Å². The quantitative estimate of drug-likeness (QED) is 0.421. The fraction of sp³-hybridized carbons (Fsp3) is 0.385. The van der Waals surface area contributed by atoms with Gasteiger partial charge in [0.25, 0.3) is 5.91 Å². The molecule has 1 unspecified atom stereocenters. The van der Waals surface area contributed by atoms with E-state index in [-0.39, 0.29) is 17.1 Å². The van der Waals surface area contributed by atoms with Crippen molar-refractivity contribution in [3.8, 4) is 11.5 Å². The second-order valence-corrected chi connectivity index (χ2v) is 7.91. The van der Waals surface area contributed by atoms with Crippen LogP contribution in [0.4, 0.5) is 0 Å². The Labute approximate surface area is 192 Å². The van der Waals surface area contributed by atoms with Crippen molar-refractivity contribution < 1.29 is 23.4 Å². The van der Waals surface area contributed by atoms with E-state index in [1.165, 1.54) is 0 Å². The normalized spacial score (nSPS) is 15.2. The minimum absolute atomic E-state index is 0.0843. The summed E-state index contributed by atoms with van der Waals surface area (Å²) in [5, 5.41) is 0.451. The van der Waals surface area contributed by atoms with Gasteiger partial charge in [-0.1, -0.05) is 31.5 Å². The van der Waals surface area contributed by atoms with Crippen LogP contribution < -0.4 is 14.9 Å². The Morgan fingerprint density at radius 2 is 1.82 bits per heavy atom. The van der Waals surface area contributed by atoms with E-state index in [0.717, 1.165) is 18.4 Å². The van der Waals surface area contributed by atoms with Crippen LogP contribution in [0, 0.1) is 0 Å². The molecular weight excluding hydrogens is 422 g/mol. The summed E-state index contributed by atoms with van der Waals surface area (Å²) in [4.78, 5) is 28.4. The number of hydrogen-bond donors (Lipinski definition) is 0. The molecule has 7 heteroatoms. The Bertz CT molecular complexity index is 1200. The first-order valence-electron chi connectivity index (χ1n) is 11.4. The topological polar surface area (TPSA) is 78.2 Å². The molecule has 7 nitrogen and oxygen atoms in total. The van der Waals surface area contributed by atoms with Gasteiger partial charge in [0.2, 0.25) is 5.76 Å². The summed E-state index contributed by atoms with van der Waals surface area (Å²) in [6.45, 7) is 5.72. The molecule has 1 aliphatic rings. The summed E-state index contributed by atoms with van der Waals surface area (Å²) in [6, 6.07) is 12.0. The van der Waals surface area contributed by atoms with Crippen LogP contribution in [0.25, 0.3) is 11.0 Å². The van der Waals surface area contributed by atoms with Crippen molar-refractivity contribution in [2.75, 3.05) is 33.5 Å². The molecule has 0 aliphatic carbocycles. The third-order valence-corrected chi connectivity index (χ3v) is 5.75. The summed E-state index contributed by atoms with van der Waals surface area (Å²) in [5.41, 5.74) is 1.30. The Kier molecular flexibility index (Phi) is 6.99. The van der Waals surface area contributed by atoms with Gasteiger partial charge < -0.3 is 23.5 Å². The van der Waals surface area contributed by atoms with E-state index < -0.39 is 6.04 Å². The zero-order chi connectivity index (χ0) is 23.4. The Balaban J connectivity index is 1.84. The average molecular weight is 452 g/mol. The van der Waals surface area contributed by atoms with Crippen LogP contribution in [-0.4, -0.2) is 44.3 Å². The molecule has 4 rings (SSSR count). The number of methoxy groups -OCH3 is 1. The third-order valence-electron chi connectivity index (χ3n) is 5.75. The highest BCUT2D eigenvalue weighted by Gasteiger charge is 2.42. The maximum Gasteiger partial charge on any atom is 0.290 e. The number of amides is 1. The number of fused-ring (bicyclic) bond motifs is 2. The number of carbonyl (C=O) groups is 1. The molecule has 3 aromatic rings. The highest BCUT2D eigenvalue weighted by Crippen LogP contribution is 2.40. The maximum atomic E-state index is 13.5. The number of nitrogens with zero attached hydrogens (tertiary/aromatic N) is 1.